The molecule has 0 radical (unpaired) electrons. The maximum atomic E-state index is 13.3. The largest absolute Gasteiger partial charge is 0.430 e. The summed E-state index contributed by atoms with van der Waals surface area (Å²) in [6, 6.07) is 9.65. The van der Waals surface area contributed by atoms with Gasteiger partial charge in [0, 0.05) is 37.4 Å². The summed E-state index contributed by atoms with van der Waals surface area (Å²) in [7, 11) is 0. The molecule has 4 N–H and O–H groups in total. The lowest BCUT2D eigenvalue weighted by molar-refractivity contribution is 0.0918. The van der Waals surface area contributed by atoms with Crippen LogP contribution < -0.4 is 16.4 Å². The lowest BCUT2D eigenvalue weighted by Gasteiger charge is -2.14. The molecule has 1 fully saturated rings. The van der Waals surface area contributed by atoms with Crippen LogP contribution in [0.3, 0.4) is 0 Å². The van der Waals surface area contributed by atoms with Gasteiger partial charge in [0.2, 0.25) is 11.7 Å². The van der Waals surface area contributed by atoms with Crippen LogP contribution in [-0.4, -0.2) is 60.0 Å². The number of benzene rings is 2. The Hall–Kier alpha value is -3.83. The van der Waals surface area contributed by atoms with Crippen molar-refractivity contribution in [2.24, 2.45) is 5.73 Å². The van der Waals surface area contributed by atoms with Crippen LogP contribution in [0.5, 0.6) is 0 Å². The monoisotopic (exact) mass is 517 g/mol. The van der Waals surface area contributed by atoms with E-state index in [4.69, 9.17) is 21.8 Å². The second kappa shape index (κ2) is 10.8. The zero-order chi connectivity index (χ0) is 25.8. The molecular weight excluding hydrogens is 496 g/mol. The molecule has 0 unspecified atom stereocenters. The summed E-state index contributed by atoms with van der Waals surface area (Å²) < 4.78 is 31.9. The fourth-order valence-corrected chi connectivity index (χ4v) is 3.99. The first-order valence-corrected chi connectivity index (χ1v) is 11.4. The van der Waals surface area contributed by atoms with Crippen LogP contribution >= 0.6 is 11.6 Å². The third-order valence-electron chi connectivity index (χ3n) is 5.56. The number of carbonyl (C=O) groups is 3. The van der Waals surface area contributed by atoms with Gasteiger partial charge in [0.15, 0.2) is 5.69 Å². The molecule has 1 atom stereocenters. The molecule has 9 nitrogen and oxygen atoms in total. The number of hydrogen-bond acceptors (Lipinski definition) is 6. The minimum absolute atomic E-state index is 0.0202. The van der Waals surface area contributed by atoms with E-state index in [9.17, 15) is 23.2 Å². The Morgan fingerprint density at radius 3 is 2.56 bits per heavy atom. The molecule has 4 rings (SSSR count). The van der Waals surface area contributed by atoms with Gasteiger partial charge < -0.3 is 20.8 Å². The quantitative estimate of drug-likeness (QED) is 0.420. The molecular formula is C24H22ClF2N5O4. The number of nitrogens with zero attached hydrogens (tertiary/aromatic N) is 2. The van der Waals surface area contributed by atoms with Crippen molar-refractivity contribution in [2.75, 3.05) is 31.5 Å². The molecule has 0 aliphatic carbocycles. The number of likely N-dealkylation sites (tertiary alicyclic amines) is 1. The van der Waals surface area contributed by atoms with Crippen molar-refractivity contribution in [3.63, 3.8) is 0 Å². The van der Waals surface area contributed by atoms with Gasteiger partial charge >= 0.3 is 0 Å². The van der Waals surface area contributed by atoms with Gasteiger partial charge in [0.05, 0.1) is 10.6 Å². The zero-order valence-corrected chi connectivity index (χ0v) is 19.6. The Labute approximate surface area is 209 Å². The first kappa shape index (κ1) is 25.3. The molecule has 1 saturated heterocycles. The van der Waals surface area contributed by atoms with Gasteiger partial charge in [-0.05, 0) is 48.9 Å². The minimum Gasteiger partial charge on any atom is -0.430 e. The molecule has 0 bridgehead atoms. The van der Waals surface area contributed by atoms with Crippen molar-refractivity contribution < 1.29 is 27.6 Å². The summed E-state index contributed by atoms with van der Waals surface area (Å²) in [5.41, 5.74) is 6.02. The number of halogens is 3. The Balaban J connectivity index is 1.43. The molecule has 12 heteroatoms. The highest BCUT2D eigenvalue weighted by molar-refractivity contribution is 6.34. The number of aromatic nitrogens is 1. The van der Waals surface area contributed by atoms with E-state index in [1.54, 1.807) is 24.3 Å². The molecule has 3 aromatic rings. The summed E-state index contributed by atoms with van der Waals surface area (Å²) in [5, 5.41) is 5.25. The fraction of sp³-hybridized carbons (Fsp3) is 0.250. The van der Waals surface area contributed by atoms with Crippen molar-refractivity contribution in [1.82, 2.24) is 15.2 Å². The summed E-state index contributed by atoms with van der Waals surface area (Å²) in [4.78, 5) is 42.9. The number of anilines is 1. The molecule has 2 heterocycles. The Morgan fingerprint density at radius 1 is 1.17 bits per heavy atom. The van der Waals surface area contributed by atoms with E-state index in [2.05, 4.69) is 15.6 Å². The van der Waals surface area contributed by atoms with E-state index in [-0.39, 0.29) is 28.7 Å². The van der Waals surface area contributed by atoms with Crippen molar-refractivity contribution in [3.05, 3.63) is 70.3 Å². The summed E-state index contributed by atoms with van der Waals surface area (Å²) in [6.07, 6.45) is -0.393. The molecule has 1 aromatic heterocycles. The van der Waals surface area contributed by atoms with Gasteiger partial charge in [0.1, 0.15) is 12.0 Å². The van der Waals surface area contributed by atoms with E-state index < -0.39 is 35.5 Å². The molecule has 1 aliphatic rings. The Bertz CT molecular complexity index is 1300. The maximum Gasteiger partial charge on any atom is 0.287 e. The van der Waals surface area contributed by atoms with Gasteiger partial charge in [-0.25, -0.2) is 13.8 Å². The Kier molecular flexibility index (Phi) is 7.61. The number of primary amides is 1. The average molecular weight is 518 g/mol. The molecule has 1 aliphatic heterocycles. The van der Waals surface area contributed by atoms with E-state index in [1.807, 2.05) is 4.90 Å². The van der Waals surface area contributed by atoms with Crippen molar-refractivity contribution in [1.29, 1.82) is 0 Å². The predicted octanol–water partition coefficient (Wildman–Crippen LogP) is 3.26. The van der Waals surface area contributed by atoms with E-state index in [0.717, 1.165) is 12.1 Å². The van der Waals surface area contributed by atoms with Crippen LogP contribution in [0, 0.1) is 5.82 Å². The highest BCUT2D eigenvalue weighted by atomic mass is 35.5. The molecule has 0 saturated carbocycles. The van der Waals surface area contributed by atoms with Crippen molar-refractivity contribution >= 4 is 35.0 Å². The van der Waals surface area contributed by atoms with Crippen molar-refractivity contribution in [2.45, 2.75) is 12.6 Å². The second-order valence-corrected chi connectivity index (χ2v) is 8.57. The van der Waals surface area contributed by atoms with Gasteiger partial charge in [0.25, 0.3) is 17.7 Å². The number of nitrogens with two attached hydrogens (primary N) is 1. The summed E-state index contributed by atoms with van der Waals surface area (Å²) in [6.45, 7) is 1.63. The number of amides is 3. The van der Waals surface area contributed by atoms with Crippen LogP contribution in [-0.2, 0) is 0 Å². The minimum atomic E-state index is -0.959. The standard InChI is InChI=1S/C24H22ClF2N5O4/c25-18-11-14(26)3-6-17(18)22(34)30-16-4-1-13(2-5-16)24-31-19(20(36-24)21(28)33)23(35)29-8-10-32-9-7-15(27)12-32/h1-6,11,15H,7-10,12H2,(H2,28,33)(H,29,35)(H,30,34)/t15-/m1/s1. The first-order chi connectivity index (χ1) is 17.2. The van der Waals surface area contributed by atoms with Crippen molar-refractivity contribution in [3.8, 4) is 11.5 Å². The molecule has 3 amide bonds. The van der Waals surface area contributed by atoms with Crippen LogP contribution in [0.2, 0.25) is 5.02 Å². The lowest BCUT2D eigenvalue weighted by Crippen LogP contribution is -2.35. The summed E-state index contributed by atoms with van der Waals surface area (Å²) in [5.74, 6) is -3.11. The highest BCUT2D eigenvalue weighted by Gasteiger charge is 2.25. The molecule has 36 heavy (non-hydrogen) atoms. The van der Waals surface area contributed by atoms with Crippen LogP contribution in [0.4, 0.5) is 14.5 Å². The summed E-state index contributed by atoms with van der Waals surface area (Å²) >= 11 is 5.93. The number of alkyl halides is 1. The van der Waals surface area contributed by atoms with Crippen LogP contribution in [0.15, 0.2) is 46.9 Å². The molecule has 188 valence electrons. The van der Waals surface area contributed by atoms with E-state index in [1.165, 1.54) is 6.07 Å². The number of oxazole rings is 1. The van der Waals surface area contributed by atoms with Gasteiger partial charge in [-0.3, -0.25) is 19.3 Å². The van der Waals surface area contributed by atoms with E-state index >= 15 is 0 Å². The van der Waals surface area contributed by atoms with Gasteiger partial charge in [-0.2, -0.15) is 0 Å². The third kappa shape index (κ3) is 5.86. The van der Waals surface area contributed by atoms with Crippen LogP contribution in [0.25, 0.3) is 11.5 Å². The van der Waals surface area contributed by atoms with Crippen LogP contribution in [0.1, 0.15) is 37.8 Å². The zero-order valence-electron chi connectivity index (χ0n) is 18.9. The Morgan fingerprint density at radius 2 is 1.92 bits per heavy atom. The number of carbonyl (C=O) groups excluding carboxylic acids is 3. The smallest absolute Gasteiger partial charge is 0.287 e. The highest BCUT2D eigenvalue weighted by Crippen LogP contribution is 2.25. The van der Waals surface area contributed by atoms with Gasteiger partial charge in [-0.15, -0.1) is 0 Å². The maximum absolute atomic E-state index is 13.3. The second-order valence-electron chi connectivity index (χ2n) is 8.16. The number of hydrogen-bond donors (Lipinski definition) is 3. The fourth-order valence-electron chi connectivity index (χ4n) is 3.73. The predicted molar refractivity (Wildman–Crippen MR) is 128 cm³/mol. The number of rotatable bonds is 8. The van der Waals surface area contributed by atoms with E-state index in [0.29, 0.717) is 37.3 Å². The average Bonchev–Trinajstić information content (AvgIpc) is 3.46. The van der Waals surface area contributed by atoms with Gasteiger partial charge in [-0.1, -0.05) is 11.6 Å². The third-order valence-corrected chi connectivity index (χ3v) is 5.87. The SMILES string of the molecule is NC(=O)c1oc(-c2ccc(NC(=O)c3ccc(F)cc3Cl)cc2)nc1C(=O)NCCN1CC[C@@H](F)C1. The molecule has 2 aromatic carbocycles. The number of nitrogens with one attached hydrogen (secondary N) is 2. The normalized spacial score (nSPS) is 15.6. The first-order valence-electron chi connectivity index (χ1n) is 11.0. The topological polar surface area (TPSA) is 131 Å². The molecule has 0 spiro atoms. The lowest BCUT2D eigenvalue weighted by atomic mass is 10.1.